The zero-order valence-electron chi connectivity index (χ0n) is 12.5. The number of sulfonamides is 1. The minimum Gasteiger partial charge on any atom is -0.334 e. The molecule has 2 aromatic heterocycles. The van der Waals surface area contributed by atoms with E-state index in [9.17, 15) is 8.42 Å². The molecule has 0 fully saturated rings. The van der Waals surface area contributed by atoms with Crippen molar-refractivity contribution in [2.45, 2.75) is 38.3 Å². The summed E-state index contributed by atoms with van der Waals surface area (Å²) < 4.78 is 28.9. The lowest BCUT2D eigenvalue weighted by atomic mass is 10.1. The number of hydrogen-bond donors (Lipinski definition) is 0. The van der Waals surface area contributed by atoms with Gasteiger partial charge in [0.1, 0.15) is 11.6 Å². The third-order valence-electron chi connectivity index (χ3n) is 3.80. The van der Waals surface area contributed by atoms with Gasteiger partial charge in [0.2, 0.25) is 0 Å². The summed E-state index contributed by atoms with van der Waals surface area (Å²) in [6.07, 6.45) is 4.57. The number of fused-ring (bicyclic) bond motifs is 1. The normalized spacial score (nSPS) is 15.0. The second-order valence-corrected chi connectivity index (χ2v) is 7.47. The van der Waals surface area contributed by atoms with Crippen molar-refractivity contribution in [2.24, 2.45) is 0 Å². The zero-order valence-corrected chi connectivity index (χ0v) is 14.0. The van der Waals surface area contributed by atoms with E-state index >= 15 is 0 Å². The topological polar surface area (TPSA) is 68.1 Å². The number of anilines is 1. The van der Waals surface area contributed by atoms with E-state index in [1.807, 2.05) is 11.5 Å². The van der Waals surface area contributed by atoms with E-state index in [2.05, 4.69) is 9.97 Å². The van der Waals surface area contributed by atoms with Crippen LogP contribution in [0.25, 0.3) is 0 Å². The summed E-state index contributed by atoms with van der Waals surface area (Å²) in [5.74, 6) is 1.14. The molecule has 0 unspecified atom stereocenters. The Morgan fingerprint density at radius 3 is 2.86 bits per heavy atom. The van der Waals surface area contributed by atoms with Crippen LogP contribution in [0.15, 0.2) is 23.5 Å². The van der Waals surface area contributed by atoms with Gasteiger partial charge in [0.25, 0.3) is 10.0 Å². The molecular weight excluding hydrogens is 324 g/mol. The molecule has 1 aliphatic heterocycles. The van der Waals surface area contributed by atoms with E-state index in [1.54, 1.807) is 19.2 Å². The molecule has 0 atom stereocenters. The van der Waals surface area contributed by atoms with Crippen LogP contribution >= 0.6 is 11.6 Å². The highest BCUT2D eigenvalue weighted by Crippen LogP contribution is 2.31. The van der Waals surface area contributed by atoms with Crippen molar-refractivity contribution in [3.8, 4) is 0 Å². The first kappa shape index (κ1) is 15.3. The molecule has 0 saturated heterocycles. The minimum absolute atomic E-state index is 0.0662. The van der Waals surface area contributed by atoms with Gasteiger partial charge >= 0.3 is 0 Å². The number of halogens is 1. The maximum Gasteiger partial charge on any atom is 0.284 e. The van der Waals surface area contributed by atoms with Gasteiger partial charge < -0.3 is 4.57 Å². The van der Waals surface area contributed by atoms with E-state index in [4.69, 9.17) is 11.6 Å². The van der Waals surface area contributed by atoms with Crippen LogP contribution in [-0.2, 0) is 23.0 Å². The van der Waals surface area contributed by atoms with E-state index < -0.39 is 10.0 Å². The summed E-state index contributed by atoms with van der Waals surface area (Å²) in [7, 11) is -3.70. The van der Waals surface area contributed by atoms with Crippen molar-refractivity contribution in [2.75, 3.05) is 10.8 Å². The smallest absolute Gasteiger partial charge is 0.284 e. The van der Waals surface area contributed by atoms with Gasteiger partial charge in [-0.15, -0.1) is 0 Å². The molecule has 0 saturated carbocycles. The number of imidazole rings is 1. The molecule has 3 heterocycles. The number of nitrogens with zero attached hydrogens (tertiary/aromatic N) is 4. The number of rotatable bonds is 3. The van der Waals surface area contributed by atoms with Crippen LogP contribution in [0.1, 0.15) is 24.7 Å². The molecule has 0 aliphatic carbocycles. The average molecular weight is 341 g/mol. The van der Waals surface area contributed by atoms with E-state index in [1.165, 1.54) is 10.5 Å². The second kappa shape index (κ2) is 5.55. The molecule has 3 rings (SSSR count). The fourth-order valence-corrected chi connectivity index (χ4v) is 4.35. The largest absolute Gasteiger partial charge is 0.334 e. The Morgan fingerprint density at radius 1 is 1.41 bits per heavy atom. The lowest BCUT2D eigenvalue weighted by Gasteiger charge is -2.28. The Hall–Kier alpha value is -1.60. The predicted molar refractivity (Wildman–Crippen MR) is 84.7 cm³/mol. The van der Waals surface area contributed by atoms with Gasteiger partial charge in [0.05, 0.1) is 5.02 Å². The summed E-state index contributed by atoms with van der Waals surface area (Å²) in [4.78, 5) is 8.42. The first-order valence-electron chi connectivity index (χ1n) is 7.14. The Kier molecular flexibility index (Phi) is 3.86. The fraction of sp³-hybridized carbons (Fsp3) is 0.429. The molecule has 8 heteroatoms. The van der Waals surface area contributed by atoms with Crippen molar-refractivity contribution >= 4 is 27.4 Å². The van der Waals surface area contributed by atoms with Crippen LogP contribution in [0, 0.1) is 6.92 Å². The highest BCUT2D eigenvalue weighted by atomic mass is 35.5. The molecule has 0 aromatic carbocycles. The van der Waals surface area contributed by atoms with Crippen molar-refractivity contribution in [3.63, 3.8) is 0 Å². The molecule has 1 aliphatic rings. The Balaban J connectivity index is 2.07. The quantitative estimate of drug-likeness (QED) is 0.860. The van der Waals surface area contributed by atoms with Gasteiger partial charge in [-0.3, -0.25) is 0 Å². The van der Waals surface area contributed by atoms with E-state index in [0.717, 1.165) is 18.4 Å². The van der Waals surface area contributed by atoms with Gasteiger partial charge in [0.15, 0.2) is 5.03 Å². The molecule has 0 spiro atoms. The zero-order chi connectivity index (χ0) is 15.9. The van der Waals surface area contributed by atoms with Crippen molar-refractivity contribution in [1.29, 1.82) is 0 Å². The van der Waals surface area contributed by atoms with Crippen LogP contribution in [0.2, 0.25) is 5.02 Å². The number of hydrogen-bond acceptors (Lipinski definition) is 4. The predicted octanol–water partition coefficient (Wildman–Crippen LogP) is 2.40. The minimum atomic E-state index is -3.70. The van der Waals surface area contributed by atoms with Crippen LogP contribution < -0.4 is 4.31 Å². The summed E-state index contributed by atoms with van der Waals surface area (Å²) in [5.41, 5.74) is 0.856. The molecule has 0 amide bonds. The Morgan fingerprint density at radius 2 is 2.18 bits per heavy atom. The average Bonchev–Trinajstić information content (AvgIpc) is 2.88. The summed E-state index contributed by atoms with van der Waals surface area (Å²) in [5, 5.41) is 0.584. The maximum atomic E-state index is 12.9. The van der Waals surface area contributed by atoms with E-state index in [-0.39, 0.29) is 5.03 Å². The lowest BCUT2D eigenvalue weighted by molar-refractivity contribution is 0.582. The summed E-state index contributed by atoms with van der Waals surface area (Å²) in [6, 6.07) is 1.78. The van der Waals surface area contributed by atoms with Gasteiger partial charge in [-0.25, -0.2) is 14.3 Å². The molecule has 2 aromatic rings. The number of aromatic nitrogens is 3. The summed E-state index contributed by atoms with van der Waals surface area (Å²) in [6.45, 7) is 4.83. The van der Waals surface area contributed by atoms with Crippen LogP contribution in [-0.4, -0.2) is 29.5 Å². The Labute approximate surface area is 134 Å². The SMILES string of the molecule is CCn1cc(S(=O)(=O)N2CCCc3cc(Cl)cnc32)nc1C. The molecule has 0 radical (unpaired) electrons. The molecule has 22 heavy (non-hydrogen) atoms. The molecular formula is C14H17ClN4O2S. The monoisotopic (exact) mass is 340 g/mol. The third kappa shape index (κ3) is 2.48. The first-order chi connectivity index (χ1) is 10.4. The number of aryl methyl sites for hydroxylation is 3. The maximum absolute atomic E-state index is 12.9. The molecule has 0 bridgehead atoms. The highest BCUT2D eigenvalue weighted by molar-refractivity contribution is 7.92. The van der Waals surface area contributed by atoms with Gasteiger partial charge in [-0.1, -0.05) is 11.6 Å². The van der Waals surface area contributed by atoms with Crippen LogP contribution in [0.4, 0.5) is 5.82 Å². The second-order valence-electron chi connectivity index (χ2n) is 5.23. The van der Waals surface area contributed by atoms with Crippen molar-refractivity contribution in [1.82, 2.24) is 14.5 Å². The van der Waals surface area contributed by atoms with Crippen LogP contribution in [0.3, 0.4) is 0 Å². The van der Waals surface area contributed by atoms with Gasteiger partial charge in [-0.2, -0.15) is 8.42 Å². The lowest BCUT2D eigenvalue weighted by Crippen LogP contribution is -2.36. The van der Waals surface area contributed by atoms with Crippen LogP contribution in [0.5, 0.6) is 0 Å². The summed E-state index contributed by atoms with van der Waals surface area (Å²) >= 11 is 5.95. The molecule has 0 N–H and O–H groups in total. The number of pyridine rings is 1. The third-order valence-corrected chi connectivity index (χ3v) is 5.67. The van der Waals surface area contributed by atoms with Gasteiger partial charge in [0, 0.05) is 25.5 Å². The highest BCUT2D eigenvalue weighted by Gasteiger charge is 2.32. The van der Waals surface area contributed by atoms with Crippen molar-refractivity contribution < 1.29 is 8.42 Å². The van der Waals surface area contributed by atoms with Gasteiger partial charge in [-0.05, 0) is 38.3 Å². The standard InChI is InChI=1S/C14H17ClN4O2S/c1-3-18-9-13(17-10(18)2)22(20,21)19-6-4-5-11-7-12(15)8-16-14(11)19/h7-9H,3-6H2,1-2H3. The molecule has 118 valence electrons. The fourth-order valence-electron chi connectivity index (χ4n) is 2.67. The first-order valence-corrected chi connectivity index (χ1v) is 8.96. The Bertz CT molecular complexity index is 816. The van der Waals surface area contributed by atoms with E-state index in [0.29, 0.717) is 29.8 Å². The molecule has 6 nitrogen and oxygen atoms in total. The van der Waals surface area contributed by atoms with Crippen molar-refractivity contribution in [3.05, 3.63) is 34.9 Å².